The molecule has 6 heteroatoms. The molecule has 3 aromatic carbocycles. The van der Waals surface area contributed by atoms with Crippen LogP contribution in [0, 0.1) is 3.57 Å². The number of hydrogen-bond donors (Lipinski definition) is 2. The Balaban J connectivity index is 1.58. The van der Waals surface area contributed by atoms with E-state index in [2.05, 4.69) is 45.4 Å². The summed E-state index contributed by atoms with van der Waals surface area (Å²) in [6.45, 7) is 0.486. The van der Waals surface area contributed by atoms with Gasteiger partial charge in [-0.15, -0.1) is 0 Å². The zero-order chi connectivity index (χ0) is 19.8. The van der Waals surface area contributed by atoms with Gasteiger partial charge in [0.25, 0.3) is 5.91 Å². The molecule has 3 rings (SSSR count). The molecular formula is C22H19IN2O2S. The maximum Gasteiger partial charge on any atom is 0.261 e. The highest BCUT2D eigenvalue weighted by Gasteiger charge is 2.13. The predicted molar refractivity (Wildman–Crippen MR) is 125 cm³/mol. The van der Waals surface area contributed by atoms with E-state index in [1.807, 2.05) is 48.5 Å². The molecule has 0 aliphatic heterocycles. The minimum Gasteiger partial charge on any atom is -0.492 e. The number of halogens is 1. The van der Waals surface area contributed by atoms with Gasteiger partial charge in [0, 0.05) is 15.7 Å². The first-order valence-corrected chi connectivity index (χ1v) is 10.2. The minimum absolute atomic E-state index is 0.241. The molecule has 0 saturated heterocycles. The molecule has 0 bridgehead atoms. The molecule has 3 aromatic rings. The summed E-state index contributed by atoms with van der Waals surface area (Å²) in [5.74, 6) is 0.228. The van der Waals surface area contributed by atoms with Crippen molar-refractivity contribution in [1.29, 1.82) is 0 Å². The van der Waals surface area contributed by atoms with E-state index in [0.717, 1.165) is 15.7 Å². The van der Waals surface area contributed by atoms with Gasteiger partial charge in [0.15, 0.2) is 5.11 Å². The van der Waals surface area contributed by atoms with Crippen LogP contribution < -0.4 is 15.4 Å². The Morgan fingerprint density at radius 1 is 0.929 bits per heavy atom. The SMILES string of the molecule is O=C(NC(=S)Nc1ccc(I)cc1)c1ccccc1OCCc1ccccc1. The van der Waals surface area contributed by atoms with Crippen molar-refractivity contribution in [3.63, 3.8) is 0 Å². The van der Waals surface area contributed by atoms with E-state index in [0.29, 0.717) is 17.9 Å². The lowest BCUT2D eigenvalue weighted by molar-refractivity contribution is 0.0974. The Bertz CT molecular complexity index is 946. The van der Waals surface area contributed by atoms with Crippen LogP contribution in [-0.4, -0.2) is 17.6 Å². The highest BCUT2D eigenvalue weighted by molar-refractivity contribution is 14.1. The van der Waals surface area contributed by atoms with Gasteiger partial charge in [0.1, 0.15) is 5.75 Å². The number of anilines is 1. The van der Waals surface area contributed by atoms with E-state index in [1.54, 1.807) is 18.2 Å². The van der Waals surface area contributed by atoms with Gasteiger partial charge in [-0.25, -0.2) is 0 Å². The average molecular weight is 502 g/mol. The highest BCUT2D eigenvalue weighted by atomic mass is 127. The minimum atomic E-state index is -0.307. The van der Waals surface area contributed by atoms with Crippen LogP contribution in [-0.2, 0) is 6.42 Å². The number of ether oxygens (including phenoxy) is 1. The van der Waals surface area contributed by atoms with E-state index < -0.39 is 0 Å². The summed E-state index contributed by atoms with van der Waals surface area (Å²) < 4.78 is 6.97. The summed E-state index contributed by atoms with van der Waals surface area (Å²) in [7, 11) is 0. The van der Waals surface area contributed by atoms with Crippen LogP contribution in [0.4, 0.5) is 5.69 Å². The molecule has 0 atom stereocenters. The van der Waals surface area contributed by atoms with E-state index in [-0.39, 0.29) is 11.0 Å². The van der Waals surface area contributed by atoms with Gasteiger partial charge in [-0.3, -0.25) is 10.1 Å². The molecule has 2 N–H and O–H groups in total. The van der Waals surface area contributed by atoms with E-state index in [9.17, 15) is 4.79 Å². The van der Waals surface area contributed by atoms with Gasteiger partial charge in [-0.2, -0.15) is 0 Å². The van der Waals surface area contributed by atoms with Crippen LogP contribution in [0.1, 0.15) is 15.9 Å². The van der Waals surface area contributed by atoms with E-state index in [4.69, 9.17) is 17.0 Å². The molecule has 0 fully saturated rings. The fourth-order valence-electron chi connectivity index (χ4n) is 2.57. The molecular weight excluding hydrogens is 483 g/mol. The Morgan fingerprint density at radius 3 is 2.36 bits per heavy atom. The Morgan fingerprint density at radius 2 is 1.61 bits per heavy atom. The van der Waals surface area contributed by atoms with Crippen molar-refractivity contribution in [2.75, 3.05) is 11.9 Å². The molecule has 0 heterocycles. The molecule has 1 amide bonds. The lowest BCUT2D eigenvalue weighted by atomic mass is 10.1. The third-order valence-corrected chi connectivity index (χ3v) is 4.88. The zero-order valence-electron chi connectivity index (χ0n) is 15.0. The molecule has 0 aromatic heterocycles. The fourth-order valence-corrected chi connectivity index (χ4v) is 3.14. The topological polar surface area (TPSA) is 50.4 Å². The van der Waals surface area contributed by atoms with Crippen LogP contribution >= 0.6 is 34.8 Å². The number of carbonyl (C=O) groups is 1. The maximum atomic E-state index is 12.6. The standard InChI is InChI=1S/C22H19IN2O2S/c23-17-10-12-18(13-11-17)24-22(28)25-21(26)19-8-4-5-9-20(19)27-15-14-16-6-2-1-3-7-16/h1-13H,14-15H2,(H2,24,25,26,28). The second-order valence-electron chi connectivity index (χ2n) is 6.00. The van der Waals surface area contributed by atoms with Crippen molar-refractivity contribution < 1.29 is 9.53 Å². The van der Waals surface area contributed by atoms with Crippen molar-refractivity contribution in [3.05, 3.63) is 93.6 Å². The van der Waals surface area contributed by atoms with Crippen molar-refractivity contribution in [1.82, 2.24) is 5.32 Å². The molecule has 0 aliphatic carbocycles. The number of para-hydroxylation sites is 1. The van der Waals surface area contributed by atoms with Crippen LogP contribution in [0.25, 0.3) is 0 Å². The number of thiocarbonyl (C=S) groups is 1. The number of nitrogens with one attached hydrogen (secondary N) is 2. The fraction of sp³-hybridized carbons (Fsp3) is 0.0909. The highest BCUT2D eigenvalue weighted by Crippen LogP contribution is 2.18. The Hall–Kier alpha value is -2.45. The van der Waals surface area contributed by atoms with Crippen molar-refractivity contribution in [2.24, 2.45) is 0 Å². The molecule has 28 heavy (non-hydrogen) atoms. The summed E-state index contributed by atoms with van der Waals surface area (Å²) in [5.41, 5.74) is 2.45. The number of amides is 1. The second-order valence-corrected chi connectivity index (χ2v) is 7.65. The molecule has 0 unspecified atom stereocenters. The third kappa shape index (κ3) is 6.03. The molecule has 0 aliphatic rings. The van der Waals surface area contributed by atoms with Crippen molar-refractivity contribution in [3.8, 4) is 5.75 Å². The number of rotatable bonds is 6. The van der Waals surface area contributed by atoms with Gasteiger partial charge in [0.05, 0.1) is 12.2 Å². The number of hydrogen-bond acceptors (Lipinski definition) is 3. The average Bonchev–Trinajstić information content (AvgIpc) is 2.71. The lowest BCUT2D eigenvalue weighted by Crippen LogP contribution is -2.34. The first-order valence-electron chi connectivity index (χ1n) is 8.75. The molecule has 4 nitrogen and oxygen atoms in total. The smallest absolute Gasteiger partial charge is 0.261 e. The van der Waals surface area contributed by atoms with Crippen LogP contribution in [0.15, 0.2) is 78.9 Å². The monoisotopic (exact) mass is 502 g/mol. The van der Waals surface area contributed by atoms with Gasteiger partial charge >= 0.3 is 0 Å². The summed E-state index contributed by atoms with van der Waals surface area (Å²) in [4.78, 5) is 12.6. The predicted octanol–water partition coefficient (Wildman–Crippen LogP) is 5.04. The molecule has 0 spiro atoms. The Kier molecular flexibility index (Phi) is 7.39. The molecule has 142 valence electrons. The van der Waals surface area contributed by atoms with Gasteiger partial charge in [-0.1, -0.05) is 42.5 Å². The van der Waals surface area contributed by atoms with Gasteiger partial charge < -0.3 is 10.1 Å². The normalized spacial score (nSPS) is 10.2. The van der Waals surface area contributed by atoms with Gasteiger partial charge in [0.2, 0.25) is 0 Å². The van der Waals surface area contributed by atoms with Crippen LogP contribution in [0.2, 0.25) is 0 Å². The summed E-state index contributed by atoms with van der Waals surface area (Å²) in [6.07, 6.45) is 0.767. The summed E-state index contributed by atoms with van der Waals surface area (Å²) in [6, 6.07) is 25.0. The number of carbonyl (C=O) groups excluding carboxylic acids is 1. The van der Waals surface area contributed by atoms with Crippen LogP contribution in [0.5, 0.6) is 5.75 Å². The first kappa shape index (κ1) is 20.3. The van der Waals surface area contributed by atoms with Crippen LogP contribution in [0.3, 0.4) is 0 Å². The molecule has 0 radical (unpaired) electrons. The van der Waals surface area contributed by atoms with E-state index in [1.165, 1.54) is 5.56 Å². The van der Waals surface area contributed by atoms with E-state index >= 15 is 0 Å². The lowest BCUT2D eigenvalue weighted by Gasteiger charge is -2.13. The third-order valence-electron chi connectivity index (χ3n) is 3.95. The Labute approximate surface area is 183 Å². The number of benzene rings is 3. The quantitative estimate of drug-likeness (QED) is 0.367. The van der Waals surface area contributed by atoms with Crippen molar-refractivity contribution >= 4 is 51.5 Å². The molecule has 0 saturated carbocycles. The summed E-state index contributed by atoms with van der Waals surface area (Å²) in [5, 5.41) is 5.96. The summed E-state index contributed by atoms with van der Waals surface area (Å²) >= 11 is 7.49. The zero-order valence-corrected chi connectivity index (χ0v) is 18.0. The van der Waals surface area contributed by atoms with Gasteiger partial charge in [-0.05, 0) is 76.8 Å². The van der Waals surface area contributed by atoms with Crippen molar-refractivity contribution in [2.45, 2.75) is 6.42 Å². The second kappa shape index (κ2) is 10.2. The maximum absolute atomic E-state index is 12.6. The largest absolute Gasteiger partial charge is 0.492 e. The first-order chi connectivity index (χ1) is 13.6.